The molecule has 0 radical (unpaired) electrons. The molecule has 1 heterocycles. The van der Waals surface area contributed by atoms with E-state index in [0.717, 1.165) is 57.5 Å². The molecule has 1 saturated heterocycles. The van der Waals surface area contributed by atoms with Crippen LogP contribution in [-0.2, 0) is 38.1 Å². The monoisotopic (exact) mass is 681 g/mol. The van der Waals surface area contributed by atoms with Crippen molar-refractivity contribution in [3.05, 3.63) is 0 Å². The van der Waals surface area contributed by atoms with E-state index in [0.29, 0.717) is 17.8 Å². The number of esters is 4. The van der Waals surface area contributed by atoms with Gasteiger partial charge in [-0.25, -0.2) is 0 Å². The van der Waals surface area contributed by atoms with Gasteiger partial charge in [-0.2, -0.15) is 0 Å². The molecule has 0 spiro atoms. The van der Waals surface area contributed by atoms with Crippen LogP contribution >= 0.6 is 0 Å². The summed E-state index contributed by atoms with van der Waals surface area (Å²) in [6.07, 6.45) is 12.7. The van der Waals surface area contributed by atoms with E-state index in [-0.39, 0.29) is 51.3 Å². The zero-order chi connectivity index (χ0) is 37.1. The molecule has 0 amide bonds. The number of methoxy groups -OCH3 is 1. The Balaban J connectivity index is 0.000000325. The predicted octanol–water partition coefficient (Wildman–Crippen LogP) is 9.64. The van der Waals surface area contributed by atoms with Crippen LogP contribution in [0.15, 0.2) is 0 Å². The van der Waals surface area contributed by atoms with Crippen molar-refractivity contribution in [1.29, 1.82) is 0 Å². The number of carbonyl (C=O) groups is 4. The first-order valence-corrected chi connectivity index (χ1v) is 18.8. The number of hydrogen-bond donors (Lipinski definition) is 0. The van der Waals surface area contributed by atoms with Crippen molar-refractivity contribution in [2.24, 2.45) is 39.9 Å². The molecule has 0 aromatic carbocycles. The molecule has 4 fully saturated rings. The summed E-state index contributed by atoms with van der Waals surface area (Å²) in [4.78, 5) is 45.7. The van der Waals surface area contributed by atoms with Gasteiger partial charge in [0.2, 0.25) is 0 Å². The van der Waals surface area contributed by atoms with Gasteiger partial charge >= 0.3 is 23.9 Å². The van der Waals surface area contributed by atoms with Gasteiger partial charge in [0.25, 0.3) is 0 Å². The molecule has 4 aliphatic rings. The van der Waals surface area contributed by atoms with Crippen molar-refractivity contribution in [3.63, 3.8) is 0 Å². The number of ether oxygens (including phenoxy) is 4. The second-order valence-corrected chi connectivity index (χ2v) is 17.0. The lowest BCUT2D eigenvalue weighted by Gasteiger charge is -2.32. The van der Waals surface area contributed by atoms with E-state index in [9.17, 15) is 19.2 Å². The summed E-state index contributed by atoms with van der Waals surface area (Å²) in [6, 6.07) is 0. The van der Waals surface area contributed by atoms with E-state index in [1.54, 1.807) is 0 Å². The molecule has 4 unspecified atom stereocenters. The summed E-state index contributed by atoms with van der Waals surface area (Å²) in [6.45, 7) is 26.3. The standard InChI is InChI=1S/C13H24O2.C11H22O2.C9H12O2.C7H14O2/c1-5-12(3,4)11(14)15-13(6-2)9-7-8-10-13;1-7-10(3,4)9(12)13-11(5,6)8-2;10-9-8-6-2-1-5(3-6)7(8)4-11-9;1-5-7(2,3)6(8)9-4/h5-10H2,1-4H3;7-8H2,1-6H3;5-8H,1-4H2;5H2,1-4H3. The van der Waals surface area contributed by atoms with Crippen molar-refractivity contribution in [2.45, 2.75) is 178 Å². The van der Waals surface area contributed by atoms with Gasteiger partial charge in [-0.1, -0.05) is 34.6 Å². The van der Waals surface area contributed by atoms with E-state index in [1.165, 1.54) is 39.2 Å². The van der Waals surface area contributed by atoms with Crippen molar-refractivity contribution in [2.75, 3.05) is 13.7 Å². The fourth-order valence-corrected chi connectivity index (χ4v) is 6.34. The van der Waals surface area contributed by atoms with Crippen LogP contribution in [-0.4, -0.2) is 48.8 Å². The van der Waals surface area contributed by atoms with Crippen LogP contribution in [0.25, 0.3) is 0 Å². The van der Waals surface area contributed by atoms with Gasteiger partial charge in [0.15, 0.2) is 0 Å². The van der Waals surface area contributed by atoms with Gasteiger partial charge in [0.05, 0.1) is 35.9 Å². The minimum Gasteiger partial charge on any atom is -0.469 e. The van der Waals surface area contributed by atoms with Crippen LogP contribution in [0.2, 0.25) is 0 Å². The van der Waals surface area contributed by atoms with Crippen molar-refractivity contribution >= 4 is 23.9 Å². The third-order valence-corrected chi connectivity index (χ3v) is 12.0. The Labute approximate surface area is 293 Å². The van der Waals surface area contributed by atoms with Gasteiger partial charge in [-0.15, -0.1) is 0 Å². The zero-order valence-corrected chi connectivity index (χ0v) is 33.3. The summed E-state index contributed by atoms with van der Waals surface area (Å²) in [7, 11) is 1.42. The molecule has 8 nitrogen and oxygen atoms in total. The Morgan fingerprint density at radius 3 is 1.62 bits per heavy atom. The maximum atomic E-state index is 12.0. The Hall–Kier alpha value is -2.12. The fourth-order valence-electron chi connectivity index (χ4n) is 6.34. The number of carbonyl (C=O) groups excluding carboxylic acids is 4. The van der Waals surface area contributed by atoms with Gasteiger partial charge < -0.3 is 18.9 Å². The quantitative estimate of drug-likeness (QED) is 0.166. The Bertz CT molecular complexity index is 1050. The SMILES string of the molecule is CCC(C)(C)C(=O)OC.CCC(C)(C)OC(=O)C(C)(C)CC.CCC1(OC(=O)C(C)(C)CC)CCCC1.O=C1OCC2C3CCC(C3)C12. The molecule has 1 aliphatic heterocycles. The first-order valence-electron chi connectivity index (χ1n) is 18.8. The van der Waals surface area contributed by atoms with E-state index >= 15 is 0 Å². The van der Waals surface area contributed by atoms with Crippen LogP contribution in [0.1, 0.15) is 167 Å². The highest BCUT2D eigenvalue weighted by molar-refractivity contribution is 5.77. The molecule has 3 saturated carbocycles. The van der Waals surface area contributed by atoms with Crippen LogP contribution < -0.4 is 0 Å². The zero-order valence-electron chi connectivity index (χ0n) is 33.3. The lowest BCUT2D eigenvalue weighted by Crippen LogP contribution is -2.37. The van der Waals surface area contributed by atoms with Crippen molar-refractivity contribution in [1.82, 2.24) is 0 Å². The number of rotatable bonds is 10. The van der Waals surface area contributed by atoms with Gasteiger partial charge in [-0.3, -0.25) is 19.2 Å². The second-order valence-electron chi connectivity index (χ2n) is 17.0. The number of cyclic esters (lactones) is 1. The topological polar surface area (TPSA) is 105 Å². The highest BCUT2D eigenvalue weighted by Gasteiger charge is 2.55. The Kier molecular flexibility index (Phi) is 16.7. The lowest BCUT2D eigenvalue weighted by molar-refractivity contribution is -0.171. The molecule has 48 heavy (non-hydrogen) atoms. The van der Waals surface area contributed by atoms with E-state index < -0.39 is 0 Å². The number of hydrogen-bond acceptors (Lipinski definition) is 8. The highest BCUT2D eigenvalue weighted by Crippen LogP contribution is 2.55. The minimum absolute atomic E-state index is 0.0197. The molecule has 0 aromatic rings. The molecule has 3 aliphatic carbocycles. The summed E-state index contributed by atoms with van der Waals surface area (Å²) in [5.41, 5.74) is -1.46. The average molecular weight is 681 g/mol. The van der Waals surface area contributed by atoms with Gasteiger partial charge in [0, 0.05) is 5.92 Å². The molecule has 4 rings (SSSR count). The van der Waals surface area contributed by atoms with Crippen LogP contribution in [0.5, 0.6) is 0 Å². The van der Waals surface area contributed by atoms with E-state index in [2.05, 4.69) is 11.7 Å². The number of fused-ring (bicyclic) bond motifs is 5. The fraction of sp³-hybridized carbons (Fsp3) is 0.900. The van der Waals surface area contributed by atoms with Gasteiger partial charge in [-0.05, 0) is 144 Å². The molecule has 0 aromatic heterocycles. The summed E-state index contributed by atoms with van der Waals surface area (Å²) in [5.74, 6) is 2.30. The van der Waals surface area contributed by atoms with Crippen LogP contribution in [0.3, 0.4) is 0 Å². The Morgan fingerprint density at radius 2 is 1.21 bits per heavy atom. The summed E-state index contributed by atoms with van der Waals surface area (Å²) < 4.78 is 20.8. The molecule has 280 valence electrons. The second kappa shape index (κ2) is 18.2. The summed E-state index contributed by atoms with van der Waals surface area (Å²) >= 11 is 0. The normalized spacial score (nSPS) is 24.0. The lowest BCUT2D eigenvalue weighted by atomic mass is 9.81. The maximum absolute atomic E-state index is 12.0. The minimum atomic E-state index is -0.355. The molecule has 8 heteroatoms. The smallest absolute Gasteiger partial charge is 0.312 e. The average Bonchev–Trinajstić information content (AvgIpc) is 3.86. The van der Waals surface area contributed by atoms with E-state index in [4.69, 9.17) is 14.2 Å². The maximum Gasteiger partial charge on any atom is 0.312 e. The highest BCUT2D eigenvalue weighted by atomic mass is 16.6. The first-order chi connectivity index (χ1) is 22.1. The van der Waals surface area contributed by atoms with Crippen LogP contribution in [0.4, 0.5) is 0 Å². The molecule has 2 bridgehead atoms. The molecular weight excluding hydrogens is 608 g/mol. The molecule has 0 N–H and O–H groups in total. The van der Waals surface area contributed by atoms with Crippen LogP contribution in [0, 0.1) is 39.9 Å². The van der Waals surface area contributed by atoms with Crippen molar-refractivity contribution in [3.8, 4) is 0 Å². The molecular formula is C40H72O8. The van der Waals surface area contributed by atoms with Crippen molar-refractivity contribution < 1.29 is 38.1 Å². The predicted molar refractivity (Wildman–Crippen MR) is 191 cm³/mol. The van der Waals surface area contributed by atoms with Gasteiger partial charge in [0.1, 0.15) is 11.2 Å². The third kappa shape index (κ3) is 12.0. The molecule has 4 atom stereocenters. The first kappa shape index (κ1) is 43.9. The largest absolute Gasteiger partial charge is 0.469 e. The third-order valence-electron chi connectivity index (χ3n) is 12.0. The van der Waals surface area contributed by atoms with E-state index in [1.807, 2.05) is 83.1 Å². The summed E-state index contributed by atoms with van der Waals surface area (Å²) in [5, 5.41) is 0. The Morgan fingerprint density at radius 1 is 0.729 bits per heavy atom.